The summed E-state index contributed by atoms with van der Waals surface area (Å²) in [7, 11) is 1.06. The number of amides is 2. The van der Waals surface area contributed by atoms with Crippen LogP contribution in [0.4, 0.5) is 4.79 Å². The Balaban J connectivity index is 1.76. The van der Waals surface area contributed by atoms with Crippen molar-refractivity contribution in [3.05, 3.63) is 40.2 Å². The molecule has 50 heavy (non-hydrogen) atoms. The maximum absolute atomic E-state index is 12.7. The number of carbonyl (C=O) groups excluding carboxylic acids is 6. The van der Waals surface area contributed by atoms with Gasteiger partial charge < -0.3 is 48.2 Å². The minimum atomic E-state index is -1.67. The van der Waals surface area contributed by atoms with Crippen LogP contribution < -0.4 is 21.0 Å². The Morgan fingerprint density at radius 3 is 2.10 bits per heavy atom. The fourth-order valence-corrected chi connectivity index (χ4v) is 4.94. The maximum Gasteiger partial charge on any atom is 0.407 e. The molecule has 2 N–H and O–H groups in total. The molecule has 1 saturated heterocycles. The first-order valence-electron chi connectivity index (χ1n) is 15.7. The Hall–Kier alpha value is -5.19. The molecule has 1 aromatic heterocycles. The van der Waals surface area contributed by atoms with Crippen LogP contribution in [0.3, 0.4) is 0 Å². The van der Waals surface area contributed by atoms with E-state index in [4.69, 9.17) is 37.6 Å². The number of benzene rings is 1. The van der Waals surface area contributed by atoms with E-state index < -0.39 is 71.9 Å². The molecule has 1 aliphatic heterocycles. The average Bonchev–Trinajstić information content (AvgIpc) is 3.00. The quantitative estimate of drug-likeness (QED) is 0.132. The second-order valence-corrected chi connectivity index (χ2v) is 12.2. The third kappa shape index (κ3) is 11.7. The smallest absolute Gasteiger partial charge is 0.407 e. The lowest BCUT2D eigenvalue weighted by Gasteiger charge is -2.43. The summed E-state index contributed by atoms with van der Waals surface area (Å²) >= 11 is 0. The molecule has 0 aliphatic carbocycles. The van der Waals surface area contributed by atoms with Gasteiger partial charge in [0.25, 0.3) is 0 Å². The highest BCUT2D eigenvalue weighted by Crippen LogP contribution is 2.32. The highest BCUT2D eigenvalue weighted by Gasteiger charge is 2.55. The minimum absolute atomic E-state index is 0.0000306. The van der Waals surface area contributed by atoms with E-state index in [1.54, 1.807) is 26.8 Å². The molecule has 0 saturated carbocycles. The number of hydrogen-bond donors (Lipinski definition) is 2. The zero-order valence-electron chi connectivity index (χ0n) is 28.9. The zero-order chi connectivity index (χ0) is 37.2. The summed E-state index contributed by atoms with van der Waals surface area (Å²) < 4.78 is 43.0. The van der Waals surface area contributed by atoms with Crippen LogP contribution in [0.25, 0.3) is 11.0 Å². The number of unbranched alkanes of at least 4 members (excludes halogenated alkanes) is 1. The standard InChI is InChI=1S/C33H42N2O15/c1-17(36)44-26-27(45-18(2)37)29(46-19(3)38)31(49-28(26)30(41)43-7)47-21-11-12-22-20(14-25(40)48-23(22)15-21)16-35-24(39)10-8-9-13-34-32(42)50-33(4,5)6/h11-12,14-15,26-29,31H,8-10,13,16H2,1-7H3,(H,34,42)(H,35,39). The van der Waals surface area contributed by atoms with Crippen molar-refractivity contribution in [3.8, 4) is 5.75 Å². The van der Waals surface area contributed by atoms with E-state index in [1.165, 1.54) is 18.2 Å². The van der Waals surface area contributed by atoms with Crippen LogP contribution in [-0.4, -0.2) is 85.8 Å². The third-order valence-corrected chi connectivity index (χ3v) is 6.86. The molecule has 1 aliphatic rings. The summed E-state index contributed by atoms with van der Waals surface area (Å²) in [6.45, 7) is 8.80. The number of rotatable bonds is 13. The normalized spacial score (nSPS) is 20.2. The van der Waals surface area contributed by atoms with E-state index in [0.29, 0.717) is 30.3 Å². The van der Waals surface area contributed by atoms with Gasteiger partial charge in [0.15, 0.2) is 18.3 Å². The molecule has 5 unspecified atom stereocenters. The maximum atomic E-state index is 12.7. The summed E-state index contributed by atoms with van der Waals surface area (Å²) in [5.41, 5.74) is -0.826. The van der Waals surface area contributed by atoms with E-state index in [-0.39, 0.29) is 30.2 Å². The van der Waals surface area contributed by atoms with Crippen molar-refractivity contribution in [2.24, 2.45) is 0 Å². The first-order valence-corrected chi connectivity index (χ1v) is 15.7. The summed E-state index contributed by atoms with van der Waals surface area (Å²) in [4.78, 5) is 85.4. The molecule has 2 heterocycles. The Bertz CT molecular complexity index is 1630. The predicted molar refractivity (Wildman–Crippen MR) is 170 cm³/mol. The Morgan fingerprint density at radius 1 is 0.840 bits per heavy atom. The number of esters is 4. The molecule has 0 bridgehead atoms. The molecule has 274 valence electrons. The number of alkyl carbamates (subject to hydrolysis) is 1. The van der Waals surface area contributed by atoms with Gasteiger partial charge in [0.05, 0.1) is 7.11 Å². The number of nitrogens with one attached hydrogen (secondary N) is 2. The van der Waals surface area contributed by atoms with Gasteiger partial charge in [-0.3, -0.25) is 19.2 Å². The fourth-order valence-electron chi connectivity index (χ4n) is 4.94. The molecule has 17 heteroatoms. The number of hydrogen-bond acceptors (Lipinski definition) is 15. The SMILES string of the molecule is COC(=O)C1OC(Oc2ccc3c(CNC(=O)CCCCNC(=O)OC(C)(C)C)cc(=O)oc3c2)C(OC(C)=O)C(OC(C)=O)C1OC(C)=O. The number of fused-ring (bicyclic) bond motifs is 1. The van der Waals surface area contributed by atoms with Crippen molar-refractivity contribution >= 4 is 46.8 Å². The van der Waals surface area contributed by atoms with Gasteiger partial charge in [-0.05, 0) is 51.3 Å². The Kier molecular flexibility index (Phi) is 13.7. The number of ether oxygens (including phenoxy) is 7. The first kappa shape index (κ1) is 39.3. The summed E-state index contributed by atoms with van der Waals surface area (Å²) in [6, 6.07) is 5.57. The van der Waals surface area contributed by atoms with Crippen LogP contribution in [0.5, 0.6) is 5.75 Å². The van der Waals surface area contributed by atoms with Crippen molar-refractivity contribution in [3.63, 3.8) is 0 Å². The van der Waals surface area contributed by atoms with E-state index in [9.17, 15) is 33.6 Å². The lowest BCUT2D eigenvalue weighted by molar-refractivity contribution is -0.282. The second kappa shape index (κ2) is 17.5. The largest absolute Gasteiger partial charge is 0.467 e. The molecule has 5 atom stereocenters. The molecule has 17 nitrogen and oxygen atoms in total. The summed E-state index contributed by atoms with van der Waals surface area (Å²) in [5, 5.41) is 5.85. The van der Waals surface area contributed by atoms with Crippen LogP contribution in [0, 0.1) is 0 Å². The lowest BCUT2D eigenvalue weighted by atomic mass is 9.97. The topological polar surface area (TPSA) is 221 Å². The van der Waals surface area contributed by atoms with Crippen LogP contribution in [0.1, 0.15) is 66.4 Å². The van der Waals surface area contributed by atoms with Crippen molar-refractivity contribution in [1.29, 1.82) is 0 Å². The first-order chi connectivity index (χ1) is 23.5. The fraction of sp³-hybridized carbons (Fsp3) is 0.545. The van der Waals surface area contributed by atoms with Gasteiger partial charge in [-0.2, -0.15) is 0 Å². The van der Waals surface area contributed by atoms with Gasteiger partial charge in [-0.15, -0.1) is 0 Å². The molecule has 2 aromatic rings. The molecule has 1 fully saturated rings. The highest BCUT2D eigenvalue weighted by atomic mass is 16.7. The summed E-state index contributed by atoms with van der Waals surface area (Å²) in [6.07, 6.45) is -7.28. The zero-order valence-corrected chi connectivity index (χ0v) is 28.9. The molecular weight excluding hydrogens is 664 g/mol. The van der Waals surface area contributed by atoms with E-state index in [1.807, 2.05) is 0 Å². The Morgan fingerprint density at radius 2 is 1.48 bits per heavy atom. The lowest BCUT2D eigenvalue weighted by Crippen LogP contribution is -2.64. The van der Waals surface area contributed by atoms with Gasteiger partial charge >= 0.3 is 35.6 Å². The predicted octanol–water partition coefficient (Wildman–Crippen LogP) is 2.18. The van der Waals surface area contributed by atoms with Gasteiger partial charge in [-0.25, -0.2) is 14.4 Å². The molecule has 3 rings (SSSR count). The number of methoxy groups -OCH3 is 1. The van der Waals surface area contributed by atoms with Crippen molar-refractivity contribution in [2.75, 3.05) is 13.7 Å². The second-order valence-electron chi connectivity index (χ2n) is 12.2. The van der Waals surface area contributed by atoms with Gasteiger partial charge in [0, 0.05) is 57.8 Å². The van der Waals surface area contributed by atoms with E-state index in [2.05, 4.69) is 10.6 Å². The number of carbonyl (C=O) groups is 6. The summed E-state index contributed by atoms with van der Waals surface area (Å²) in [5.74, 6) is -3.80. The van der Waals surface area contributed by atoms with Gasteiger partial charge in [0.1, 0.15) is 16.9 Å². The van der Waals surface area contributed by atoms with Crippen molar-refractivity contribution in [2.45, 2.75) is 104 Å². The van der Waals surface area contributed by atoms with Gasteiger partial charge in [-0.1, -0.05) is 0 Å². The van der Waals surface area contributed by atoms with Crippen LogP contribution in [0.15, 0.2) is 33.5 Å². The molecule has 0 spiro atoms. The van der Waals surface area contributed by atoms with Crippen LogP contribution in [-0.2, 0) is 58.9 Å². The van der Waals surface area contributed by atoms with Gasteiger partial charge in [0.2, 0.25) is 18.3 Å². The Labute approximate surface area is 287 Å². The van der Waals surface area contributed by atoms with Crippen molar-refractivity contribution < 1.29 is 66.3 Å². The molecular formula is C33H42N2O15. The van der Waals surface area contributed by atoms with E-state index in [0.717, 1.165) is 27.9 Å². The molecule has 2 amide bonds. The minimum Gasteiger partial charge on any atom is -0.467 e. The van der Waals surface area contributed by atoms with E-state index >= 15 is 0 Å². The van der Waals surface area contributed by atoms with Crippen LogP contribution >= 0.6 is 0 Å². The highest BCUT2D eigenvalue weighted by molar-refractivity contribution is 5.83. The van der Waals surface area contributed by atoms with Crippen LogP contribution in [0.2, 0.25) is 0 Å². The monoisotopic (exact) mass is 706 g/mol. The average molecular weight is 707 g/mol. The van der Waals surface area contributed by atoms with Crippen molar-refractivity contribution in [1.82, 2.24) is 10.6 Å². The molecule has 0 radical (unpaired) electrons. The third-order valence-electron chi connectivity index (χ3n) is 6.86. The molecule has 1 aromatic carbocycles.